The van der Waals surface area contributed by atoms with Crippen molar-refractivity contribution >= 4 is 0 Å². The SMILES string of the molecule is Cc1cccc(-n2ncc(-c3nc(C4(N)CCCC4)no3)c2C(F)(F)F)c1. The second kappa shape index (κ2) is 6.19. The van der Waals surface area contributed by atoms with Crippen molar-refractivity contribution in [2.24, 2.45) is 5.73 Å². The summed E-state index contributed by atoms with van der Waals surface area (Å²) in [5, 5.41) is 7.78. The van der Waals surface area contributed by atoms with Crippen molar-refractivity contribution in [1.29, 1.82) is 0 Å². The van der Waals surface area contributed by atoms with Crippen molar-refractivity contribution in [3.63, 3.8) is 0 Å². The lowest BCUT2D eigenvalue weighted by Gasteiger charge is -2.17. The van der Waals surface area contributed by atoms with E-state index in [1.807, 2.05) is 0 Å². The molecule has 0 bridgehead atoms. The Hall–Kier alpha value is -2.68. The van der Waals surface area contributed by atoms with Crippen LogP contribution in [-0.2, 0) is 11.7 Å². The van der Waals surface area contributed by atoms with Gasteiger partial charge in [0.1, 0.15) is 0 Å². The Morgan fingerprint density at radius 2 is 1.96 bits per heavy atom. The third kappa shape index (κ3) is 3.12. The lowest BCUT2D eigenvalue weighted by Crippen LogP contribution is -2.34. The monoisotopic (exact) mass is 377 g/mol. The molecule has 0 radical (unpaired) electrons. The summed E-state index contributed by atoms with van der Waals surface area (Å²) in [6.07, 6.45) is -0.335. The maximum absolute atomic E-state index is 13.8. The average molecular weight is 377 g/mol. The van der Waals surface area contributed by atoms with Crippen LogP contribution >= 0.6 is 0 Å². The van der Waals surface area contributed by atoms with Crippen LogP contribution in [0.25, 0.3) is 17.1 Å². The minimum Gasteiger partial charge on any atom is -0.334 e. The molecule has 1 fully saturated rings. The highest BCUT2D eigenvalue weighted by Crippen LogP contribution is 2.40. The molecule has 0 spiro atoms. The standard InChI is InChI=1S/C18H18F3N5O/c1-11-5-4-6-12(9-11)26-14(18(19,20)21)13(10-23-26)15-24-16(25-27-15)17(22)7-2-3-8-17/h4-6,9-10H,2-3,7-8,22H2,1H3. The van der Waals surface area contributed by atoms with Gasteiger partial charge >= 0.3 is 6.18 Å². The van der Waals surface area contributed by atoms with E-state index in [-0.39, 0.29) is 17.3 Å². The predicted octanol–water partition coefficient (Wildman–Crippen LogP) is 3.98. The summed E-state index contributed by atoms with van der Waals surface area (Å²) in [6, 6.07) is 6.66. The summed E-state index contributed by atoms with van der Waals surface area (Å²) in [5.74, 6) is 0.0133. The van der Waals surface area contributed by atoms with E-state index in [0.29, 0.717) is 18.5 Å². The van der Waals surface area contributed by atoms with Gasteiger partial charge in [0.2, 0.25) is 0 Å². The third-order valence-corrected chi connectivity index (χ3v) is 4.88. The molecule has 0 saturated heterocycles. The summed E-state index contributed by atoms with van der Waals surface area (Å²) in [4.78, 5) is 4.18. The third-order valence-electron chi connectivity index (χ3n) is 4.88. The highest BCUT2D eigenvalue weighted by molar-refractivity contribution is 5.58. The average Bonchev–Trinajstić information content (AvgIpc) is 3.33. The molecule has 1 saturated carbocycles. The molecule has 27 heavy (non-hydrogen) atoms. The molecule has 0 atom stereocenters. The number of aromatic nitrogens is 4. The number of hydrogen-bond donors (Lipinski definition) is 1. The molecule has 1 aliphatic rings. The number of rotatable bonds is 3. The molecule has 4 rings (SSSR count). The molecule has 1 aromatic carbocycles. The lowest BCUT2D eigenvalue weighted by molar-refractivity contribution is -0.142. The maximum Gasteiger partial charge on any atom is 0.434 e. The van der Waals surface area contributed by atoms with Crippen LogP contribution in [0.5, 0.6) is 0 Å². The van der Waals surface area contributed by atoms with Gasteiger partial charge in [0.15, 0.2) is 11.5 Å². The molecule has 6 nitrogen and oxygen atoms in total. The van der Waals surface area contributed by atoms with Crippen molar-refractivity contribution < 1.29 is 17.7 Å². The molecule has 2 aromatic heterocycles. The van der Waals surface area contributed by atoms with Gasteiger partial charge in [-0.2, -0.15) is 23.3 Å². The molecule has 2 N–H and O–H groups in total. The molecule has 2 heterocycles. The van der Waals surface area contributed by atoms with Crippen LogP contribution < -0.4 is 5.73 Å². The molecule has 142 valence electrons. The van der Waals surface area contributed by atoms with E-state index in [2.05, 4.69) is 15.2 Å². The van der Waals surface area contributed by atoms with Gasteiger partial charge < -0.3 is 10.3 Å². The second-order valence-electron chi connectivity index (χ2n) is 6.94. The van der Waals surface area contributed by atoms with Crippen LogP contribution in [0.15, 0.2) is 35.0 Å². The van der Waals surface area contributed by atoms with Crippen LogP contribution in [0, 0.1) is 6.92 Å². The molecule has 0 unspecified atom stereocenters. The number of aryl methyl sites for hydroxylation is 1. The molecule has 1 aliphatic carbocycles. The zero-order valence-electron chi connectivity index (χ0n) is 14.6. The predicted molar refractivity (Wildman–Crippen MR) is 90.9 cm³/mol. The van der Waals surface area contributed by atoms with Crippen molar-refractivity contribution in [3.05, 3.63) is 47.5 Å². The smallest absolute Gasteiger partial charge is 0.334 e. The molecular weight excluding hydrogens is 359 g/mol. The lowest BCUT2D eigenvalue weighted by atomic mass is 9.99. The van der Waals surface area contributed by atoms with Crippen LogP contribution in [-0.4, -0.2) is 19.9 Å². The van der Waals surface area contributed by atoms with Gasteiger partial charge in [-0.3, -0.25) is 0 Å². The topological polar surface area (TPSA) is 82.8 Å². The molecule has 0 aliphatic heterocycles. The van der Waals surface area contributed by atoms with E-state index < -0.39 is 17.4 Å². The maximum atomic E-state index is 13.8. The number of benzene rings is 1. The Kier molecular flexibility index (Phi) is 4.06. The van der Waals surface area contributed by atoms with Crippen molar-refractivity contribution in [2.75, 3.05) is 0 Å². The van der Waals surface area contributed by atoms with E-state index in [0.717, 1.165) is 29.3 Å². The van der Waals surface area contributed by atoms with Crippen LogP contribution in [0.2, 0.25) is 0 Å². The first-order valence-corrected chi connectivity index (χ1v) is 8.64. The summed E-state index contributed by atoms with van der Waals surface area (Å²) < 4.78 is 47.5. The van der Waals surface area contributed by atoms with Gasteiger partial charge in [-0.15, -0.1) is 0 Å². The summed E-state index contributed by atoms with van der Waals surface area (Å²) in [7, 11) is 0. The molecule has 9 heteroatoms. The minimum atomic E-state index is -4.65. The van der Waals surface area contributed by atoms with Gasteiger partial charge in [-0.05, 0) is 37.5 Å². The normalized spacial score (nSPS) is 16.8. The molecular formula is C18H18F3N5O. The Bertz CT molecular complexity index is 970. The van der Waals surface area contributed by atoms with Crippen LogP contribution in [0.3, 0.4) is 0 Å². The summed E-state index contributed by atoms with van der Waals surface area (Å²) >= 11 is 0. The highest BCUT2D eigenvalue weighted by Gasteiger charge is 2.42. The molecule has 3 aromatic rings. The first-order valence-electron chi connectivity index (χ1n) is 8.64. The second-order valence-corrected chi connectivity index (χ2v) is 6.94. The fourth-order valence-electron chi connectivity index (χ4n) is 3.50. The molecule has 0 amide bonds. The zero-order valence-corrected chi connectivity index (χ0v) is 14.6. The Balaban J connectivity index is 1.81. The summed E-state index contributed by atoms with van der Waals surface area (Å²) in [6.45, 7) is 1.80. The van der Waals surface area contributed by atoms with Gasteiger partial charge in [0.05, 0.1) is 23.0 Å². The van der Waals surface area contributed by atoms with Gasteiger partial charge in [-0.25, -0.2) is 4.68 Å². The van der Waals surface area contributed by atoms with E-state index in [9.17, 15) is 13.2 Å². The van der Waals surface area contributed by atoms with Crippen molar-refractivity contribution in [1.82, 2.24) is 19.9 Å². The zero-order chi connectivity index (χ0) is 19.2. The van der Waals surface area contributed by atoms with Crippen molar-refractivity contribution in [3.8, 4) is 17.1 Å². The Morgan fingerprint density at radius 3 is 2.63 bits per heavy atom. The van der Waals surface area contributed by atoms with Crippen molar-refractivity contribution in [2.45, 2.75) is 44.3 Å². The van der Waals surface area contributed by atoms with E-state index in [1.54, 1.807) is 31.2 Å². The first kappa shape index (κ1) is 17.7. The number of hydrogen-bond acceptors (Lipinski definition) is 5. The van der Waals surface area contributed by atoms with Crippen LogP contribution in [0.4, 0.5) is 13.2 Å². The summed E-state index contributed by atoms with van der Waals surface area (Å²) in [5.41, 5.74) is 5.45. The van der Waals surface area contributed by atoms with Gasteiger partial charge in [-0.1, -0.05) is 30.1 Å². The van der Waals surface area contributed by atoms with E-state index in [4.69, 9.17) is 10.3 Å². The number of nitrogens with zero attached hydrogens (tertiary/aromatic N) is 4. The van der Waals surface area contributed by atoms with E-state index >= 15 is 0 Å². The van der Waals surface area contributed by atoms with E-state index in [1.165, 1.54) is 0 Å². The number of alkyl halides is 3. The fraction of sp³-hybridized carbons (Fsp3) is 0.389. The fourth-order valence-corrected chi connectivity index (χ4v) is 3.50. The quantitative estimate of drug-likeness (QED) is 0.747. The minimum absolute atomic E-state index is 0.229. The highest BCUT2D eigenvalue weighted by atomic mass is 19.4. The number of nitrogens with two attached hydrogens (primary N) is 1. The Labute approximate surface area is 153 Å². The van der Waals surface area contributed by atoms with Gasteiger partial charge in [0, 0.05) is 0 Å². The number of halogens is 3. The first-order chi connectivity index (χ1) is 12.8. The van der Waals surface area contributed by atoms with Gasteiger partial charge in [0.25, 0.3) is 5.89 Å². The Morgan fingerprint density at radius 1 is 1.22 bits per heavy atom. The van der Waals surface area contributed by atoms with Crippen LogP contribution in [0.1, 0.15) is 42.8 Å². The largest absolute Gasteiger partial charge is 0.434 e.